The fraction of sp³-hybridized carbons (Fsp3) is 0.727. The highest BCUT2D eigenvalue weighted by atomic mass is 16.6. The zero-order valence-electron chi connectivity index (χ0n) is 10.6. The first-order valence-corrected chi connectivity index (χ1v) is 5.84. The van der Waals surface area contributed by atoms with Crippen LogP contribution in [-0.4, -0.2) is 62.0 Å². The van der Waals surface area contributed by atoms with E-state index < -0.39 is 30.0 Å². The lowest BCUT2D eigenvalue weighted by molar-refractivity contribution is -0.152. The average molecular weight is 275 g/mol. The summed E-state index contributed by atoms with van der Waals surface area (Å²) in [6.45, 7) is 0.793. The summed E-state index contributed by atoms with van der Waals surface area (Å²) in [4.78, 5) is 33.7. The summed E-state index contributed by atoms with van der Waals surface area (Å²) in [5.74, 6) is -2.30. The number of methoxy groups -OCH3 is 1. The van der Waals surface area contributed by atoms with Crippen molar-refractivity contribution < 1.29 is 33.7 Å². The molecule has 0 bridgehead atoms. The Kier molecular flexibility index (Phi) is 6.23. The molecule has 1 aliphatic rings. The van der Waals surface area contributed by atoms with Gasteiger partial charge in [0.05, 0.1) is 26.9 Å². The molecule has 1 saturated heterocycles. The van der Waals surface area contributed by atoms with Crippen molar-refractivity contribution >= 4 is 17.8 Å². The van der Waals surface area contributed by atoms with E-state index in [0.717, 1.165) is 0 Å². The number of carboxylic acid groups (broad SMARTS) is 1. The van der Waals surface area contributed by atoms with Gasteiger partial charge < -0.3 is 24.6 Å². The molecule has 1 heterocycles. The van der Waals surface area contributed by atoms with Crippen LogP contribution in [0.3, 0.4) is 0 Å². The molecule has 2 N–H and O–H groups in total. The summed E-state index contributed by atoms with van der Waals surface area (Å²) < 4.78 is 14.6. The van der Waals surface area contributed by atoms with Crippen LogP contribution in [0.1, 0.15) is 12.8 Å². The van der Waals surface area contributed by atoms with Crippen LogP contribution in [0.4, 0.5) is 0 Å². The van der Waals surface area contributed by atoms with Gasteiger partial charge in [0.2, 0.25) is 0 Å². The van der Waals surface area contributed by atoms with Gasteiger partial charge in [-0.3, -0.25) is 9.59 Å². The fourth-order valence-corrected chi connectivity index (χ4v) is 1.53. The lowest BCUT2D eigenvalue weighted by Crippen LogP contribution is -2.49. The largest absolute Gasteiger partial charge is 0.480 e. The van der Waals surface area contributed by atoms with Crippen molar-refractivity contribution in [3.05, 3.63) is 0 Å². The predicted octanol–water partition coefficient (Wildman–Crippen LogP) is -1.08. The van der Waals surface area contributed by atoms with Crippen LogP contribution in [0.25, 0.3) is 0 Å². The number of hydrogen-bond acceptors (Lipinski definition) is 6. The van der Waals surface area contributed by atoms with Gasteiger partial charge in [0, 0.05) is 6.42 Å². The lowest BCUT2D eigenvalue weighted by atomic mass is 10.1. The van der Waals surface area contributed by atoms with Crippen LogP contribution in [-0.2, 0) is 28.6 Å². The first-order chi connectivity index (χ1) is 9.04. The van der Waals surface area contributed by atoms with Crippen LogP contribution in [0.5, 0.6) is 0 Å². The van der Waals surface area contributed by atoms with E-state index in [1.54, 1.807) is 0 Å². The van der Waals surface area contributed by atoms with Gasteiger partial charge in [-0.15, -0.1) is 0 Å². The Bertz CT molecular complexity index is 338. The van der Waals surface area contributed by atoms with Crippen molar-refractivity contribution in [3.63, 3.8) is 0 Å². The monoisotopic (exact) mass is 275 g/mol. The van der Waals surface area contributed by atoms with Crippen LogP contribution < -0.4 is 5.32 Å². The molecular weight excluding hydrogens is 258 g/mol. The summed E-state index contributed by atoms with van der Waals surface area (Å²) in [6.07, 6.45) is -0.939. The first kappa shape index (κ1) is 15.4. The number of rotatable bonds is 6. The molecule has 1 unspecified atom stereocenters. The Morgan fingerprint density at radius 3 is 2.68 bits per heavy atom. The van der Waals surface area contributed by atoms with Crippen molar-refractivity contribution in [1.82, 2.24) is 5.32 Å². The molecule has 0 aromatic carbocycles. The number of hydrogen-bond donors (Lipinski definition) is 2. The van der Waals surface area contributed by atoms with Crippen molar-refractivity contribution in [2.24, 2.45) is 0 Å². The zero-order chi connectivity index (χ0) is 14.3. The first-order valence-electron chi connectivity index (χ1n) is 5.84. The molecule has 8 heteroatoms. The van der Waals surface area contributed by atoms with Crippen molar-refractivity contribution in [1.29, 1.82) is 0 Å². The summed E-state index contributed by atoms with van der Waals surface area (Å²) in [7, 11) is 1.21. The molecule has 2 atom stereocenters. The number of carbonyl (C=O) groups excluding carboxylic acids is 2. The molecule has 108 valence electrons. The molecular formula is C11H17NO7. The van der Waals surface area contributed by atoms with Gasteiger partial charge in [0.15, 0.2) is 6.10 Å². The number of amides is 1. The second-order valence-electron chi connectivity index (χ2n) is 3.95. The third-order valence-corrected chi connectivity index (χ3v) is 2.59. The van der Waals surface area contributed by atoms with E-state index >= 15 is 0 Å². The molecule has 0 radical (unpaired) electrons. The maximum absolute atomic E-state index is 11.7. The van der Waals surface area contributed by atoms with Gasteiger partial charge >= 0.3 is 11.9 Å². The Morgan fingerprint density at radius 2 is 2.16 bits per heavy atom. The van der Waals surface area contributed by atoms with E-state index in [0.29, 0.717) is 6.61 Å². The molecule has 0 aliphatic carbocycles. The predicted molar refractivity (Wildman–Crippen MR) is 61.4 cm³/mol. The summed E-state index contributed by atoms with van der Waals surface area (Å²) in [5.41, 5.74) is 0. The Labute approximate surface area is 110 Å². The molecule has 0 spiro atoms. The van der Waals surface area contributed by atoms with Crippen LogP contribution in [0.15, 0.2) is 0 Å². The van der Waals surface area contributed by atoms with Gasteiger partial charge in [0.1, 0.15) is 6.04 Å². The Hall–Kier alpha value is -1.67. The van der Waals surface area contributed by atoms with Crippen molar-refractivity contribution in [3.8, 4) is 0 Å². The number of ether oxygens (including phenoxy) is 3. The molecule has 0 aromatic rings. The van der Waals surface area contributed by atoms with Crippen molar-refractivity contribution in [2.75, 3.05) is 26.9 Å². The Balaban J connectivity index is 2.45. The SMILES string of the molecule is COC(=O)CC[C@H](NC(=O)C1COCCO1)C(=O)O. The summed E-state index contributed by atoms with van der Waals surface area (Å²) >= 11 is 0. The maximum Gasteiger partial charge on any atom is 0.326 e. The molecule has 0 saturated carbocycles. The number of esters is 1. The van der Waals surface area contributed by atoms with E-state index in [-0.39, 0.29) is 26.1 Å². The molecule has 8 nitrogen and oxygen atoms in total. The van der Waals surface area contributed by atoms with E-state index in [9.17, 15) is 14.4 Å². The standard InChI is InChI=1S/C11H17NO7/c1-17-9(13)3-2-7(11(15)16)12-10(14)8-6-18-4-5-19-8/h7-8H,2-6H2,1H3,(H,12,14)(H,15,16)/t7-,8?/m0/s1. The van der Waals surface area contributed by atoms with E-state index in [4.69, 9.17) is 14.6 Å². The highest BCUT2D eigenvalue weighted by Gasteiger charge is 2.28. The third-order valence-electron chi connectivity index (χ3n) is 2.59. The molecule has 1 amide bonds. The van der Waals surface area contributed by atoms with Gasteiger partial charge in [-0.2, -0.15) is 0 Å². The van der Waals surface area contributed by atoms with E-state index in [1.807, 2.05) is 0 Å². The molecule has 1 rings (SSSR count). The number of nitrogens with one attached hydrogen (secondary N) is 1. The highest BCUT2D eigenvalue weighted by Crippen LogP contribution is 2.04. The third kappa shape index (κ3) is 5.23. The molecule has 0 aromatic heterocycles. The van der Waals surface area contributed by atoms with Crippen molar-refractivity contribution in [2.45, 2.75) is 25.0 Å². The molecule has 1 aliphatic heterocycles. The van der Waals surface area contributed by atoms with Gasteiger partial charge in [0.25, 0.3) is 5.91 Å². The van der Waals surface area contributed by atoms with Crippen LogP contribution in [0, 0.1) is 0 Å². The maximum atomic E-state index is 11.7. The zero-order valence-corrected chi connectivity index (χ0v) is 10.6. The smallest absolute Gasteiger partial charge is 0.326 e. The second kappa shape index (κ2) is 7.70. The fourth-order valence-electron chi connectivity index (χ4n) is 1.53. The molecule has 1 fully saturated rings. The normalized spacial score (nSPS) is 20.4. The minimum Gasteiger partial charge on any atom is -0.480 e. The highest BCUT2D eigenvalue weighted by molar-refractivity contribution is 5.86. The Morgan fingerprint density at radius 1 is 1.42 bits per heavy atom. The topological polar surface area (TPSA) is 111 Å². The summed E-state index contributed by atoms with van der Waals surface area (Å²) in [6, 6.07) is -1.16. The lowest BCUT2D eigenvalue weighted by Gasteiger charge is -2.23. The van der Waals surface area contributed by atoms with E-state index in [2.05, 4.69) is 10.1 Å². The second-order valence-corrected chi connectivity index (χ2v) is 3.95. The van der Waals surface area contributed by atoms with Crippen LogP contribution >= 0.6 is 0 Å². The molecule has 19 heavy (non-hydrogen) atoms. The van der Waals surface area contributed by atoms with E-state index in [1.165, 1.54) is 7.11 Å². The number of carboxylic acids is 1. The minimum absolute atomic E-state index is 0.0404. The average Bonchev–Trinajstić information content (AvgIpc) is 2.43. The van der Waals surface area contributed by atoms with Gasteiger partial charge in [-0.1, -0.05) is 0 Å². The number of aliphatic carboxylic acids is 1. The minimum atomic E-state index is -1.21. The van der Waals surface area contributed by atoms with Crippen LogP contribution in [0.2, 0.25) is 0 Å². The quantitative estimate of drug-likeness (QED) is 0.593. The summed E-state index contributed by atoms with van der Waals surface area (Å²) in [5, 5.41) is 11.3. The van der Waals surface area contributed by atoms with Gasteiger partial charge in [-0.05, 0) is 6.42 Å². The van der Waals surface area contributed by atoms with Gasteiger partial charge in [-0.25, -0.2) is 4.79 Å². The number of carbonyl (C=O) groups is 3.